The number of carbonyl (C=O) groups excluding carboxylic acids is 1. The Morgan fingerprint density at radius 2 is 1.71 bits per heavy atom. The molecule has 1 aliphatic heterocycles. The quantitative estimate of drug-likeness (QED) is 0.267. The van der Waals surface area contributed by atoms with E-state index in [1.54, 1.807) is 10.7 Å². The van der Waals surface area contributed by atoms with E-state index in [-0.39, 0.29) is 11.3 Å². The van der Waals surface area contributed by atoms with E-state index in [2.05, 4.69) is 15.5 Å². The summed E-state index contributed by atoms with van der Waals surface area (Å²) in [6, 6.07) is 22.6. The fourth-order valence-electron chi connectivity index (χ4n) is 3.45. The first-order valence-corrected chi connectivity index (χ1v) is 10.0. The molecule has 0 amide bonds. The first-order chi connectivity index (χ1) is 15.1. The standard InChI is InChI=1S/C21H13N5O4S/c27-19-17-13-16(26(28)29)11-12-18(17)21(30-19,14-7-3-1-4-8-14)31-20-22-23-24-25(20)15-9-5-2-6-10-15/h1-13H. The van der Waals surface area contributed by atoms with Crippen LogP contribution < -0.4 is 0 Å². The minimum atomic E-state index is -1.30. The molecule has 0 bridgehead atoms. The number of non-ortho nitro benzene ring substituents is 1. The minimum Gasteiger partial charge on any atom is -0.435 e. The van der Waals surface area contributed by atoms with Crippen LogP contribution in [0.1, 0.15) is 21.5 Å². The number of benzene rings is 3. The van der Waals surface area contributed by atoms with Gasteiger partial charge in [-0.25, -0.2) is 4.79 Å². The van der Waals surface area contributed by atoms with Crippen molar-refractivity contribution in [1.82, 2.24) is 20.2 Å². The number of nitro groups is 1. The second-order valence-electron chi connectivity index (χ2n) is 6.67. The van der Waals surface area contributed by atoms with Crippen LogP contribution >= 0.6 is 11.8 Å². The smallest absolute Gasteiger partial charge is 0.340 e. The number of cyclic esters (lactones) is 1. The molecule has 31 heavy (non-hydrogen) atoms. The first-order valence-electron chi connectivity index (χ1n) is 9.19. The van der Waals surface area contributed by atoms with Crippen molar-refractivity contribution < 1.29 is 14.5 Å². The highest BCUT2D eigenvalue weighted by atomic mass is 32.2. The van der Waals surface area contributed by atoms with Gasteiger partial charge in [0, 0.05) is 23.3 Å². The molecular formula is C21H13N5O4S. The number of fused-ring (bicyclic) bond motifs is 1. The summed E-state index contributed by atoms with van der Waals surface area (Å²) < 4.78 is 7.45. The van der Waals surface area contributed by atoms with Crippen molar-refractivity contribution in [1.29, 1.82) is 0 Å². The summed E-state index contributed by atoms with van der Waals surface area (Å²) in [5.41, 5.74) is 1.89. The van der Waals surface area contributed by atoms with Crippen LogP contribution in [-0.4, -0.2) is 31.1 Å². The van der Waals surface area contributed by atoms with Crippen molar-refractivity contribution in [3.63, 3.8) is 0 Å². The Kier molecular flexibility index (Phi) is 4.48. The molecule has 1 unspecified atom stereocenters. The fraction of sp³-hybridized carbons (Fsp3) is 0.0476. The number of nitro benzene ring substituents is 1. The SMILES string of the molecule is O=C1OC(Sc2nnnn2-c2ccccc2)(c2ccccc2)c2ccc([N+](=O)[O-])cc21. The average molecular weight is 431 g/mol. The molecule has 0 fully saturated rings. The van der Waals surface area contributed by atoms with Gasteiger partial charge >= 0.3 is 5.97 Å². The van der Waals surface area contributed by atoms with Gasteiger partial charge in [0.2, 0.25) is 10.1 Å². The van der Waals surface area contributed by atoms with Gasteiger partial charge in [-0.1, -0.05) is 48.5 Å². The molecule has 1 atom stereocenters. The molecule has 1 aromatic heterocycles. The molecule has 0 spiro atoms. The summed E-state index contributed by atoms with van der Waals surface area (Å²) in [5, 5.41) is 23.6. The second-order valence-corrected chi connectivity index (χ2v) is 7.81. The zero-order valence-corrected chi connectivity index (χ0v) is 16.6. The van der Waals surface area contributed by atoms with Crippen LogP contribution in [0.4, 0.5) is 5.69 Å². The van der Waals surface area contributed by atoms with Crippen LogP contribution in [-0.2, 0) is 9.67 Å². The zero-order chi connectivity index (χ0) is 21.4. The molecule has 1 aliphatic rings. The van der Waals surface area contributed by atoms with Crippen LogP contribution in [0, 0.1) is 10.1 Å². The van der Waals surface area contributed by atoms with E-state index in [0.29, 0.717) is 16.3 Å². The van der Waals surface area contributed by atoms with Crippen molar-refractivity contribution in [2.75, 3.05) is 0 Å². The predicted molar refractivity (Wildman–Crippen MR) is 111 cm³/mol. The molecule has 2 heterocycles. The number of nitrogens with zero attached hydrogens (tertiary/aromatic N) is 5. The van der Waals surface area contributed by atoms with Crippen LogP contribution in [0.5, 0.6) is 0 Å². The summed E-state index contributed by atoms with van der Waals surface area (Å²) in [7, 11) is 0. The molecule has 0 aliphatic carbocycles. The second kappa shape index (κ2) is 7.33. The minimum absolute atomic E-state index is 0.143. The van der Waals surface area contributed by atoms with Gasteiger partial charge in [-0.15, -0.1) is 5.10 Å². The highest BCUT2D eigenvalue weighted by Gasteiger charge is 2.50. The van der Waals surface area contributed by atoms with Gasteiger partial charge in [0.1, 0.15) is 0 Å². The van der Waals surface area contributed by atoms with Gasteiger partial charge in [-0.05, 0) is 40.4 Å². The van der Waals surface area contributed by atoms with Gasteiger partial charge in [-0.2, -0.15) is 4.68 Å². The number of rotatable bonds is 5. The molecule has 152 valence electrons. The van der Waals surface area contributed by atoms with E-state index < -0.39 is 15.8 Å². The number of para-hydroxylation sites is 1. The van der Waals surface area contributed by atoms with Crippen molar-refractivity contribution in [3.05, 3.63) is 106 Å². The van der Waals surface area contributed by atoms with Crippen LogP contribution in [0.15, 0.2) is 84.0 Å². The summed E-state index contributed by atoms with van der Waals surface area (Å²) in [5.74, 6) is -0.645. The van der Waals surface area contributed by atoms with Crippen molar-refractivity contribution in [3.8, 4) is 5.69 Å². The van der Waals surface area contributed by atoms with Crippen molar-refractivity contribution >= 4 is 23.4 Å². The summed E-state index contributed by atoms with van der Waals surface area (Å²) >= 11 is 1.15. The van der Waals surface area contributed by atoms with Crippen molar-refractivity contribution in [2.24, 2.45) is 0 Å². The third kappa shape index (κ3) is 3.13. The third-order valence-corrected chi connectivity index (χ3v) is 6.12. The Labute approximate surface area is 179 Å². The lowest BCUT2D eigenvalue weighted by molar-refractivity contribution is -0.384. The van der Waals surface area contributed by atoms with Gasteiger partial charge in [0.25, 0.3) is 5.69 Å². The maximum atomic E-state index is 12.8. The van der Waals surface area contributed by atoms with Gasteiger partial charge in [0.05, 0.1) is 16.2 Å². The molecule has 0 saturated heterocycles. The Morgan fingerprint density at radius 1 is 1.00 bits per heavy atom. The Morgan fingerprint density at radius 3 is 2.42 bits per heavy atom. The Balaban J connectivity index is 1.68. The van der Waals surface area contributed by atoms with Crippen LogP contribution in [0.2, 0.25) is 0 Å². The maximum absolute atomic E-state index is 12.8. The van der Waals surface area contributed by atoms with E-state index in [9.17, 15) is 14.9 Å². The maximum Gasteiger partial charge on any atom is 0.340 e. The predicted octanol–water partition coefficient (Wildman–Crippen LogP) is 3.73. The van der Waals surface area contributed by atoms with E-state index >= 15 is 0 Å². The highest BCUT2D eigenvalue weighted by molar-refractivity contribution is 8.00. The van der Waals surface area contributed by atoms with Gasteiger partial charge < -0.3 is 4.74 Å². The molecule has 0 radical (unpaired) electrons. The van der Waals surface area contributed by atoms with E-state index in [1.165, 1.54) is 12.1 Å². The fourth-order valence-corrected chi connectivity index (χ4v) is 4.67. The number of ether oxygens (including phenoxy) is 1. The lowest BCUT2D eigenvalue weighted by Gasteiger charge is -2.27. The molecule has 9 nitrogen and oxygen atoms in total. The molecule has 5 rings (SSSR count). The highest BCUT2D eigenvalue weighted by Crippen LogP contribution is 2.52. The normalized spacial score (nSPS) is 17.2. The summed E-state index contributed by atoms with van der Waals surface area (Å²) in [6.07, 6.45) is 0. The molecule has 4 aromatic rings. The lowest BCUT2D eigenvalue weighted by atomic mass is 9.98. The topological polar surface area (TPSA) is 113 Å². The first kappa shape index (κ1) is 18.9. The molecule has 0 saturated carbocycles. The number of thioether (sulfide) groups is 1. The molecule has 0 N–H and O–H groups in total. The Bertz CT molecular complexity index is 1300. The van der Waals surface area contributed by atoms with Crippen molar-refractivity contribution in [2.45, 2.75) is 10.1 Å². The molecule has 3 aromatic carbocycles. The number of carbonyl (C=O) groups is 1. The average Bonchev–Trinajstić information content (AvgIpc) is 3.38. The number of tetrazole rings is 1. The van der Waals surface area contributed by atoms with Crippen LogP contribution in [0.25, 0.3) is 5.69 Å². The van der Waals surface area contributed by atoms with E-state index in [4.69, 9.17) is 4.74 Å². The summed E-state index contributed by atoms with van der Waals surface area (Å²) in [4.78, 5) is 22.2. The summed E-state index contributed by atoms with van der Waals surface area (Å²) in [6.45, 7) is 0. The van der Waals surface area contributed by atoms with E-state index in [0.717, 1.165) is 17.4 Å². The van der Waals surface area contributed by atoms with Gasteiger partial charge in [-0.3, -0.25) is 10.1 Å². The zero-order valence-electron chi connectivity index (χ0n) is 15.8. The number of hydrogen-bond donors (Lipinski definition) is 0. The molecule has 10 heteroatoms. The lowest BCUT2D eigenvalue weighted by Crippen LogP contribution is -2.24. The molecular weight excluding hydrogens is 418 g/mol. The Hall–Kier alpha value is -4.05. The number of aromatic nitrogens is 4. The number of esters is 1. The monoisotopic (exact) mass is 431 g/mol. The largest absolute Gasteiger partial charge is 0.435 e. The van der Waals surface area contributed by atoms with E-state index in [1.807, 2.05) is 60.7 Å². The third-order valence-electron chi connectivity index (χ3n) is 4.86. The van der Waals surface area contributed by atoms with Crippen LogP contribution in [0.3, 0.4) is 0 Å². The number of hydrogen-bond acceptors (Lipinski definition) is 8. The van der Waals surface area contributed by atoms with Gasteiger partial charge in [0.15, 0.2) is 0 Å².